The SMILES string of the molecule is O=C(Nc1cccnc1)c1cccc(C#CCO)c1. The lowest BCUT2D eigenvalue weighted by Crippen LogP contribution is -2.11. The quantitative estimate of drug-likeness (QED) is 0.799. The van der Waals surface area contributed by atoms with E-state index < -0.39 is 0 Å². The van der Waals surface area contributed by atoms with Crippen LogP contribution >= 0.6 is 0 Å². The summed E-state index contributed by atoms with van der Waals surface area (Å²) in [5.41, 5.74) is 1.83. The smallest absolute Gasteiger partial charge is 0.255 e. The lowest BCUT2D eigenvalue weighted by atomic mass is 10.1. The van der Waals surface area contributed by atoms with Crippen LogP contribution in [-0.4, -0.2) is 22.6 Å². The topological polar surface area (TPSA) is 62.2 Å². The molecule has 2 rings (SSSR count). The monoisotopic (exact) mass is 252 g/mol. The molecule has 94 valence electrons. The number of hydrogen-bond acceptors (Lipinski definition) is 3. The Bertz CT molecular complexity index is 627. The van der Waals surface area contributed by atoms with Crippen LogP contribution < -0.4 is 5.32 Å². The van der Waals surface area contributed by atoms with E-state index in [0.717, 1.165) is 0 Å². The molecule has 0 aliphatic carbocycles. The third-order valence-electron chi connectivity index (χ3n) is 2.36. The molecule has 0 aliphatic rings. The number of carbonyl (C=O) groups excluding carboxylic acids is 1. The number of nitrogens with one attached hydrogen (secondary N) is 1. The first-order chi connectivity index (χ1) is 9.29. The molecule has 19 heavy (non-hydrogen) atoms. The minimum Gasteiger partial charge on any atom is -0.384 e. The normalized spacial score (nSPS) is 9.32. The molecular formula is C15H12N2O2. The lowest BCUT2D eigenvalue weighted by Gasteiger charge is -2.04. The Morgan fingerprint density at radius 2 is 2.21 bits per heavy atom. The van der Waals surface area contributed by atoms with Gasteiger partial charge in [-0.1, -0.05) is 17.9 Å². The van der Waals surface area contributed by atoms with Crippen LogP contribution in [0.25, 0.3) is 0 Å². The number of aliphatic hydroxyl groups is 1. The highest BCUT2D eigenvalue weighted by molar-refractivity contribution is 6.04. The maximum Gasteiger partial charge on any atom is 0.255 e. The number of rotatable bonds is 2. The highest BCUT2D eigenvalue weighted by Crippen LogP contribution is 2.09. The average Bonchev–Trinajstić information content (AvgIpc) is 2.46. The Hall–Kier alpha value is -2.64. The molecule has 0 radical (unpaired) electrons. The summed E-state index contributed by atoms with van der Waals surface area (Å²) in [6.45, 7) is -0.202. The van der Waals surface area contributed by atoms with Crippen molar-refractivity contribution in [2.45, 2.75) is 0 Å². The van der Waals surface area contributed by atoms with Crippen molar-refractivity contribution in [3.05, 3.63) is 59.9 Å². The van der Waals surface area contributed by atoms with E-state index in [-0.39, 0.29) is 12.5 Å². The summed E-state index contributed by atoms with van der Waals surface area (Å²) < 4.78 is 0. The van der Waals surface area contributed by atoms with Crippen LogP contribution in [0.1, 0.15) is 15.9 Å². The van der Waals surface area contributed by atoms with Crippen molar-refractivity contribution in [2.24, 2.45) is 0 Å². The third-order valence-corrected chi connectivity index (χ3v) is 2.36. The van der Waals surface area contributed by atoms with Gasteiger partial charge in [0.2, 0.25) is 0 Å². The molecular weight excluding hydrogens is 240 g/mol. The van der Waals surface area contributed by atoms with E-state index >= 15 is 0 Å². The van der Waals surface area contributed by atoms with E-state index in [1.807, 2.05) is 0 Å². The van der Waals surface area contributed by atoms with Crippen molar-refractivity contribution in [1.29, 1.82) is 0 Å². The van der Waals surface area contributed by atoms with Gasteiger partial charge in [0.1, 0.15) is 6.61 Å². The summed E-state index contributed by atoms with van der Waals surface area (Å²) in [5, 5.41) is 11.4. The molecule has 1 amide bonds. The zero-order chi connectivity index (χ0) is 13.5. The van der Waals surface area contributed by atoms with Crippen LogP contribution in [0.3, 0.4) is 0 Å². The second-order valence-electron chi connectivity index (χ2n) is 3.74. The predicted molar refractivity (Wildman–Crippen MR) is 72.6 cm³/mol. The number of anilines is 1. The maximum absolute atomic E-state index is 12.0. The highest BCUT2D eigenvalue weighted by atomic mass is 16.2. The molecule has 1 heterocycles. The number of pyridine rings is 1. The fraction of sp³-hybridized carbons (Fsp3) is 0.0667. The average molecular weight is 252 g/mol. The van der Waals surface area contributed by atoms with Gasteiger partial charge in [-0.15, -0.1) is 0 Å². The number of nitrogens with zero attached hydrogens (tertiary/aromatic N) is 1. The molecule has 0 fully saturated rings. The first kappa shape index (κ1) is 12.8. The van der Waals surface area contributed by atoms with Crippen LogP contribution in [0, 0.1) is 11.8 Å². The lowest BCUT2D eigenvalue weighted by molar-refractivity contribution is 0.102. The first-order valence-electron chi connectivity index (χ1n) is 5.71. The Morgan fingerprint density at radius 3 is 2.95 bits per heavy atom. The fourth-order valence-electron chi connectivity index (χ4n) is 1.52. The summed E-state index contributed by atoms with van der Waals surface area (Å²) in [6.07, 6.45) is 3.22. The van der Waals surface area contributed by atoms with Crippen LogP contribution in [0.5, 0.6) is 0 Å². The molecule has 0 saturated carbocycles. The van der Waals surface area contributed by atoms with E-state index in [9.17, 15) is 4.79 Å². The molecule has 0 spiro atoms. The first-order valence-corrected chi connectivity index (χ1v) is 5.71. The zero-order valence-corrected chi connectivity index (χ0v) is 10.1. The predicted octanol–water partition coefficient (Wildman–Crippen LogP) is 1.68. The van der Waals surface area contributed by atoms with Crippen molar-refractivity contribution in [1.82, 2.24) is 4.98 Å². The van der Waals surface area contributed by atoms with E-state index in [1.165, 1.54) is 0 Å². The summed E-state index contributed by atoms with van der Waals surface area (Å²) in [5.74, 6) is 5.08. The van der Waals surface area contributed by atoms with E-state index in [2.05, 4.69) is 22.1 Å². The molecule has 1 aromatic carbocycles. The van der Waals surface area contributed by atoms with Gasteiger partial charge in [-0.05, 0) is 30.3 Å². The molecule has 4 nitrogen and oxygen atoms in total. The Labute approximate surface area is 111 Å². The minimum atomic E-state index is -0.222. The van der Waals surface area contributed by atoms with Gasteiger partial charge < -0.3 is 10.4 Å². The fourth-order valence-corrected chi connectivity index (χ4v) is 1.52. The van der Waals surface area contributed by atoms with E-state index in [1.54, 1.807) is 48.8 Å². The maximum atomic E-state index is 12.0. The van der Waals surface area contributed by atoms with Gasteiger partial charge in [-0.2, -0.15) is 0 Å². The van der Waals surface area contributed by atoms with Crippen molar-refractivity contribution in [3.8, 4) is 11.8 Å². The molecule has 0 bridgehead atoms. The molecule has 0 aliphatic heterocycles. The van der Waals surface area contributed by atoms with Gasteiger partial charge in [-0.25, -0.2) is 0 Å². The Morgan fingerprint density at radius 1 is 1.32 bits per heavy atom. The van der Waals surface area contributed by atoms with Gasteiger partial charge in [0.15, 0.2) is 0 Å². The second-order valence-corrected chi connectivity index (χ2v) is 3.74. The molecule has 1 aromatic heterocycles. The van der Waals surface area contributed by atoms with E-state index in [4.69, 9.17) is 5.11 Å². The molecule has 4 heteroatoms. The number of aromatic nitrogens is 1. The van der Waals surface area contributed by atoms with Crippen molar-refractivity contribution in [3.63, 3.8) is 0 Å². The van der Waals surface area contributed by atoms with Crippen molar-refractivity contribution in [2.75, 3.05) is 11.9 Å². The number of carbonyl (C=O) groups is 1. The summed E-state index contributed by atoms with van der Waals surface area (Å²) in [4.78, 5) is 15.9. The second kappa shape index (κ2) is 6.34. The molecule has 2 N–H and O–H groups in total. The van der Waals surface area contributed by atoms with Gasteiger partial charge >= 0.3 is 0 Å². The molecule has 0 saturated heterocycles. The zero-order valence-electron chi connectivity index (χ0n) is 10.1. The standard InChI is InChI=1S/C15H12N2O2/c18-9-3-5-12-4-1-6-13(10-12)15(19)17-14-7-2-8-16-11-14/h1-2,4,6-8,10-11,18H,9H2,(H,17,19). The van der Waals surface area contributed by atoms with Gasteiger partial charge in [-0.3, -0.25) is 9.78 Å². The number of aliphatic hydroxyl groups excluding tert-OH is 1. The van der Waals surface area contributed by atoms with Crippen LogP contribution in [0.15, 0.2) is 48.8 Å². The van der Waals surface area contributed by atoms with Crippen molar-refractivity contribution < 1.29 is 9.90 Å². The largest absolute Gasteiger partial charge is 0.384 e. The number of benzene rings is 1. The van der Waals surface area contributed by atoms with Crippen molar-refractivity contribution >= 4 is 11.6 Å². The van der Waals surface area contributed by atoms with Gasteiger partial charge in [0.05, 0.1) is 11.9 Å². The molecule has 0 unspecified atom stereocenters. The van der Waals surface area contributed by atoms with Crippen LogP contribution in [0.4, 0.5) is 5.69 Å². The summed E-state index contributed by atoms with van der Waals surface area (Å²) in [7, 11) is 0. The van der Waals surface area contributed by atoms with Gasteiger partial charge in [0.25, 0.3) is 5.91 Å². The van der Waals surface area contributed by atoms with Crippen LogP contribution in [0.2, 0.25) is 0 Å². The number of hydrogen-bond donors (Lipinski definition) is 2. The number of amides is 1. The third kappa shape index (κ3) is 3.66. The van der Waals surface area contributed by atoms with E-state index in [0.29, 0.717) is 16.8 Å². The Balaban J connectivity index is 2.15. The van der Waals surface area contributed by atoms with Gasteiger partial charge in [0, 0.05) is 17.3 Å². The molecule has 0 atom stereocenters. The minimum absolute atomic E-state index is 0.202. The summed E-state index contributed by atoms with van der Waals surface area (Å²) in [6, 6.07) is 10.4. The summed E-state index contributed by atoms with van der Waals surface area (Å²) >= 11 is 0. The van der Waals surface area contributed by atoms with Crippen LogP contribution in [-0.2, 0) is 0 Å². The Kier molecular flexibility index (Phi) is 4.27. The molecule has 2 aromatic rings. The highest BCUT2D eigenvalue weighted by Gasteiger charge is 2.05.